The second kappa shape index (κ2) is 5.42. The Balaban J connectivity index is 1.62. The Morgan fingerprint density at radius 2 is 2.00 bits per heavy atom. The third-order valence-electron chi connectivity index (χ3n) is 4.83. The smallest absolute Gasteiger partial charge is 0.137 e. The molecule has 0 bridgehead atoms. The molecule has 5 rings (SSSR count). The van der Waals surface area contributed by atoms with E-state index in [0.29, 0.717) is 5.92 Å². The number of aromatic nitrogens is 5. The summed E-state index contributed by atoms with van der Waals surface area (Å²) in [5, 5.41) is 12.1. The van der Waals surface area contributed by atoms with Crippen molar-refractivity contribution >= 4 is 22.1 Å². The first-order valence-electron chi connectivity index (χ1n) is 8.38. The van der Waals surface area contributed by atoms with Gasteiger partial charge in [0.25, 0.3) is 0 Å². The first-order chi connectivity index (χ1) is 11.9. The van der Waals surface area contributed by atoms with Gasteiger partial charge in [0.15, 0.2) is 0 Å². The zero-order valence-corrected chi connectivity index (χ0v) is 13.2. The van der Waals surface area contributed by atoms with E-state index in [1.807, 2.05) is 12.1 Å². The first-order valence-corrected chi connectivity index (χ1v) is 8.38. The van der Waals surface area contributed by atoms with Crippen molar-refractivity contribution in [2.24, 2.45) is 0 Å². The molecule has 0 spiro atoms. The van der Waals surface area contributed by atoms with Gasteiger partial charge in [-0.05, 0) is 56.3 Å². The molecule has 4 aromatic rings. The number of hydrogen-bond acceptors (Lipinski definition) is 4. The Labute approximate surface area is 138 Å². The number of nitrogens with zero attached hydrogens (tertiary/aromatic N) is 3. The lowest BCUT2D eigenvalue weighted by Gasteiger charge is -2.22. The summed E-state index contributed by atoms with van der Waals surface area (Å²) in [6, 6.07) is 10.3. The van der Waals surface area contributed by atoms with Crippen LogP contribution in [0.1, 0.15) is 24.5 Å². The normalized spacial score (nSPS) is 16.2. The molecule has 0 saturated carbocycles. The molecule has 0 aromatic carbocycles. The van der Waals surface area contributed by atoms with Gasteiger partial charge in [0.05, 0.1) is 11.2 Å². The van der Waals surface area contributed by atoms with Crippen LogP contribution < -0.4 is 5.32 Å². The number of nitrogens with one attached hydrogen (secondary N) is 3. The molecule has 1 fully saturated rings. The second-order valence-corrected chi connectivity index (χ2v) is 6.35. The third-order valence-corrected chi connectivity index (χ3v) is 4.83. The van der Waals surface area contributed by atoms with Crippen molar-refractivity contribution in [2.45, 2.75) is 18.8 Å². The molecule has 3 N–H and O–H groups in total. The standard InChI is InChI=1S/C18H18N6/c1-2-12-10-15(22-18(12)20-7-1)17-16-14(23-24-17)4-3-13(21-16)11-5-8-19-9-6-11/h1-4,7,10-11,19H,5-6,8-9H2,(H,20,22)(H,23,24). The van der Waals surface area contributed by atoms with Crippen molar-refractivity contribution in [2.75, 3.05) is 13.1 Å². The Bertz CT molecular complexity index is 976. The van der Waals surface area contributed by atoms with Gasteiger partial charge < -0.3 is 10.3 Å². The molecule has 5 heterocycles. The number of piperidine rings is 1. The molecule has 1 aliphatic heterocycles. The maximum atomic E-state index is 4.94. The Hall–Kier alpha value is -2.73. The van der Waals surface area contributed by atoms with Crippen molar-refractivity contribution in [3.8, 4) is 11.4 Å². The molecule has 4 aromatic heterocycles. The Morgan fingerprint density at radius 1 is 1.08 bits per heavy atom. The fraction of sp³-hybridized carbons (Fsp3) is 0.278. The summed E-state index contributed by atoms with van der Waals surface area (Å²) in [6.45, 7) is 2.13. The van der Waals surface area contributed by atoms with Gasteiger partial charge in [0.1, 0.15) is 16.9 Å². The summed E-state index contributed by atoms with van der Waals surface area (Å²) < 4.78 is 0. The maximum absolute atomic E-state index is 4.94. The molecular weight excluding hydrogens is 300 g/mol. The molecule has 0 aliphatic carbocycles. The highest BCUT2D eigenvalue weighted by Crippen LogP contribution is 2.30. The van der Waals surface area contributed by atoms with Gasteiger partial charge in [-0.25, -0.2) is 9.97 Å². The summed E-state index contributed by atoms with van der Waals surface area (Å²) in [7, 11) is 0. The number of rotatable bonds is 2. The van der Waals surface area contributed by atoms with E-state index in [-0.39, 0.29) is 0 Å². The minimum atomic E-state index is 0.530. The fourth-order valence-electron chi connectivity index (χ4n) is 3.53. The summed E-state index contributed by atoms with van der Waals surface area (Å²) >= 11 is 0. The van der Waals surface area contributed by atoms with Crippen molar-refractivity contribution in [1.29, 1.82) is 0 Å². The summed E-state index contributed by atoms with van der Waals surface area (Å²) in [5.41, 5.74) is 5.75. The Morgan fingerprint density at radius 3 is 2.88 bits per heavy atom. The molecule has 0 amide bonds. The number of aromatic amines is 2. The highest BCUT2D eigenvalue weighted by molar-refractivity contribution is 5.92. The van der Waals surface area contributed by atoms with Crippen LogP contribution in [0.15, 0.2) is 36.5 Å². The van der Waals surface area contributed by atoms with E-state index >= 15 is 0 Å². The van der Waals surface area contributed by atoms with Crippen molar-refractivity contribution in [1.82, 2.24) is 30.5 Å². The van der Waals surface area contributed by atoms with Crippen LogP contribution in [0.4, 0.5) is 0 Å². The molecule has 1 saturated heterocycles. The van der Waals surface area contributed by atoms with Crippen LogP contribution in [0.25, 0.3) is 33.5 Å². The summed E-state index contributed by atoms with van der Waals surface area (Å²) in [6.07, 6.45) is 4.07. The quantitative estimate of drug-likeness (QED) is 0.531. The predicted molar refractivity (Wildman–Crippen MR) is 93.8 cm³/mol. The minimum Gasteiger partial charge on any atom is -0.338 e. The average Bonchev–Trinajstić information content (AvgIpc) is 3.25. The van der Waals surface area contributed by atoms with Gasteiger partial charge in [0.2, 0.25) is 0 Å². The van der Waals surface area contributed by atoms with E-state index < -0.39 is 0 Å². The molecule has 1 aliphatic rings. The molecule has 0 unspecified atom stereocenters. The lowest BCUT2D eigenvalue weighted by Crippen LogP contribution is -2.27. The zero-order chi connectivity index (χ0) is 15.9. The van der Waals surface area contributed by atoms with Gasteiger partial charge in [-0.1, -0.05) is 0 Å². The van der Waals surface area contributed by atoms with E-state index in [1.54, 1.807) is 6.20 Å². The van der Waals surface area contributed by atoms with Gasteiger partial charge in [-0.3, -0.25) is 5.10 Å². The lowest BCUT2D eigenvalue weighted by atomic mass is 9.94. The average molecular weight is 318 g/mol. The summed E-state index contributed by atoms with van der Waals surface area (Å²) in [4.78, 5) is 12.7. The Kier molecular flexibility index (Phi) is 3.09. The van der Waals surface area contributed by atoms with Gasteiger partial charge in [-0.2, -0.15) is 5.10 Å². The molecule has 6 heteroatoms. The highest BCUT2D eigenvalue weighted by atomic mass is 15.1. The van der Waals surface area contributed by atoms with Crippen LogP contribution in [0, 0.1) is 0 Å². The molecule has 0 radical (unpaired) electrons. The topological polar surface area (TPSA) is 82.3 Å². The number of H-pyrrole nitrogens is 2. The van der Waals surface area contributed by atoms with E-state index in [9.17, 15) is 0 Å². The van der Waals surface area contributed by atoms with E-state index in [1.165, 1.54) is 5.69 Å². The van der Waals surface area contributed by atoms with Crippen LogP contribution in [0.3, 0.4) is 0 Å². The fourth-order valence-corrected chi connectivity index (χ4v) is 3.53. The van der Waals surface area contributed by atoms with Crippen LogP contribution in [0.2, 0.25) is 0 Å². The third kappa shape index (κ3) is 2.18. The molecule has 6 nitrogen and oxygen atoms in total. The van der Waals surface area contributed by atoms with Crippen LogP contribution in [-0.2, 0) is 0 Å². The van der Waals surface area contributed by atoms with Crippen LogP contribution in [-0.4, -0.2) is 38.2 Å². The lowest BCUT2D eigenvalue weighted by molar-refractivity contribution is 0.454. The monoisotopic (exact) mass is 318 g/mol. The molecule has 0 atom stereocenters. The molecule has 120 valence electrons. The first kappa shape index (κ1) is 13.7. The van der Waals surface area contributed by atoms with Gasteiger partial charge in [0, 0.05) is 23.2 Å². The van der Waals surface area contributed by atoms with E-state index in [4.69, 9.17) is 4.98 Å². The van der Waals surface area contributed by atoms with Crippen LogP contribution >= 0.6 is 0 Å². The van der Waals surface area contributed by atoms with Gasteiger partial charge >= 0.3 is 0 Å². The number of fused-ring (bicyclic) bond motifs is 2. The number of hydrogen-bond donors (Lipinski definition) is 3. The largest absolute Gasteiger partial charge is 0.338 e. The van der Waals surface area contributed by atoms with Crippen molar-refractivity contribution < 1.29 is 0 Å². The molecule has 24 heavy (non-hydrogen) atoms. The highest BCUT2D eigenvalue weighted by Gasteiger charge is 2.19. The summed E-state index contributed by atoms with van der Waals surface area (Å²) in [5.74, 6) is 0.530. The maximum Gasteiger partial charge on any atom is 0.137 e. The zero-order valence-electron chi connectivity index (χ0n) is 13.2. The minimum absolute atomic E-state index is 0.530. The van der Waals surface area contributed by atoms with Crippen LogP contribution in [0.5, 0.6) is 0 Å². The number of pyridine rings is 2. The van der Waals surface area contributed by atoms with Crippen molar-refractivity contribution in [3.63, 3.8) is 0 Å². The van der Waals surface area contributed by atoms with E-state index in [2.05, 4.69) is 43.7 Å². The molecular formula is C18H18N6. The predicted octanol–water partition coefficient (Wildman–Crippen LogP) is 2.97. The van der Waals surface area contributed by atoms with Crippen molar-refractivity contribution in [3.05, 3.63) is 42.2 Å². The van der Waals surface area contributed by atoms with E-state index in [0.717, 1.165) is 59.4 Å². The van der Waals surface area contributed by atoms with Gasteiger partial charge in [-0.15, -0.1) is 0 Å². The SMILES string of the molecule is c1cnc2[nH]c(-c3n[nH]c4ccc(C5CCNCC5)nc34)cc2c1. The second-order valence-electron chi connectivity index (χ2n) is 6.35.